The van der Waals surface area contributed by atoms with Crippen LogP contribution in [0.2, 0.25) is 10.3 Å². The van der Waals surface area contributed by atoms with Gasteiger partial charge in [0.25, 0.3) is 0 Å². The fourth-order valence-corrected chi connectivity index (χ4v) is 2.44. The molecule has 1 aliphatic carbocycles. The van der Waals surface area contributed by atoms with Gasteiger partial charge in [-0.2, -0.15) is 0 Å². The molecule has 2 amide bonds. The molecule has 1 aromatic heterocycles. The summed E-state index contributed by atoms with van der Waals surface area (Å²) >= 11 is 11.7. The van der Waals surface area contributed by atoms with Gasteiger partial charge < -0.3 is 10.6 Å². The number of carbonyl (C=O) groups excluding carboxylic acids is 1. The first kappa shape index (κ1) is 13.4. The zero-order valence-corrected chi connectivity index (χ0v) is 11.3. The predicted octanol–water partition coefficient (Wildman–Crippen LogP) is 3.24. The van der Waals surface area contributed by atoms with Crippen molar-refractivity contribution in [1.82, 2.24) is 15.3 Å². The molecule has 0 aliphatic heterocycles. The van der Waals surface area contributed by atoms with Gasteiger partial charge in [-0.15, -0.1) is 0 Å². The number of nitrogens with one attached hydrogen (secondary N) is 2. The van der Waals surface area contributed by atoms with E-state index in [1.807, 2.05) is 0 Å². The topological polar surface area (TPSA) is 66.9 Å². The van der Waals surface area contributed by atoms with Crippen LogP contribution in [0.4, 0.5) is 10.5 Å². The van der Waals surface area contributed by atoms with E-state index >= 15 is 0 Å². The lowest BCUT2D eigenvalue weighted by atomic mass is 9.96. The summed E-state index contributed by atoms with van der Waals surface area (Å²) in [6.07, 6.45) is 6.82. The molecule has 2 rings (SSSR count). The van der Waals surface area contributed by atoms with Crippen LogP contribution in [0.15, 0.2) is 6.33 Å². The average Bonchev–Trinajstić information content (AvgIpc) is 2.35. The van der Waals surface area contributed by atoms with Crippen molar-refractivity contribution in [3.8, 4) is 0 Å². The van der Waals surface area contributed by atoms with Crippen molar-refractivity contribution in [3.05, 3.63) is 16.6 Å². The third-order valence-corrected chi connectivity index (χ3v) is 3.51. The van der Waals surface area contributed by atoms with Gasteiger partial charge in [-0.25, -0.2) is 14.8 Å². The Morgan fingerprint density at radius 1 is 1.17 bits per heavy atom. The number of anilines is 1. The Morgan fingerprint density at radius 2 is 1.78 bits per heavy atom. The van der Waals surface area contributed by atoms with Crippen LogP contribution in [0.3, 0.4) is 0 Å². The van der Waals surface area contributed by atoms with E-state index in [2.05, 4.69) is 20.6 Å². The van der Waals surface area contributed by atoms with Crippen molar-refractivity contribution in [1.29, 1.82) is 0 Å². The van der Waals surface area contributed by atoms with Crippen molar-refractivity contribution in [2.45, 2.75) is 38.1 Å². The zero-order valence-electron chi connectivity index (χ0n) is 9.75. The molecule has 98 valence electrons. The van der Waals surface area contributed by atoms with Crippen LogP contribution in [-0.2, 0) is 0 Å². The standard InChI is InChI=1S/C11H14Cl2N4O/c12-9-8(10(13)15-6-14-9)17-11(18)16-7-4-2-1-3-5-7/h6-7H,1-5H2,(H2,16,17,18). The van der Waals surface area contributed by atoms with Crippen LogP contribution in [0.1, 0.15) is 32.1 Å². The Hall–Kier alpha value is -1.07. The lowest BCUT2D eigenvalue weighted by molar-refractivity contribution is 0.244. The molecular formula is C11H14Cl2N4O. The van der Waals surface area contributed by atoms with Crippen LogP contribution < -0.4 is 10.6 Å². The fraction of sp³-hybridized carbons (Fsp3) is 0.545. The number of nitrogens with zero attached hydrogens (tertiary/aromatic N) is 2. The van der Waals surface area contributed by atoms with Gasteiger partial charge in [-0.1, -0.05) is 42.5 Å². The van der Waals surface area contributed by atoms with Gasteiger partial charge in [0.05, 0.1) is 0 Å². The summed E-state index contributed by atoms with van der Waals surface area (Å²) in [7, 11) is 0. The van der Waals surface area contributed by atoms with Crippen LogP contribution in [-0.4, -0.2) is 22.0 Å². The van der Waals surface area contributed by atoms with Gasteiger partial charge in [0.15, 0.2) is 10.3 Å². The van der Waals surface area contributed by atoms with E-state index in [1.165, 1.54) is 12.7 Å². The smallest absolute Gasteiger partial charge is 0.319 e. The summed E-state index contributed by atoms with van der Waals surface area (Å²) in [6.45, 7) is 0. The maximum Gasteiger partial charge on any atom is 0.319 e. The first-order chi connectivity index (χ1) is 8.66. The summed E-state index contributed by atoms with van der Waals surface area (Å²) in [5.41, 5.74) is 0.245. The Labute approximate surface area is 115 Å². The molecular weight excluding hydrogens is 275 g/mol. The molecule has 1 fully saturated rings. The first-order valence-electron chi connectivity index (χ1n) is 5.90. The van der Waals surface area contributed by atoms with Crippen molar-refractivity contribution in [3.63, 3.8) is 0 Å². The largest absolute Gasteiger partial charge is 0.335 e. The molecule has 1 aliphatic rings. The molecule has 1 saturated carbocycles. The Balaban J connectivity index is 1.94. The van der Waals surface area contributed by atoms with E-state index in [4.69, 9.17) is 23.2 Å². The number of aromatic nitrogens is 2. The van der Waals surface area contributed by atoms with Crippen LogP contribution in [0.5, 0.6) is 0 Å². The molecule has 5 nitrogen and oxygen atoms in total. The number of carbonyl (C=O) groups is 1. The van der Waals surface area contributed by atoms with Crippen molar-refractivity contribution in [2.75, 3.05) is 5.32 Å². The van der Waals surface area contributed by atoms with Gasteiger partial charge in [-0.3, -0.25) is 0 Å². The Morgan fingerprint density at radius 3 is 2.39 bits per heavy atom. The van der Waals surface area contributed by atoms with Crippen LogP contribution in [0.25, 0.3) is 0 Å². The second kappa shape index (κ2) is 6.20. The molecule has 2 N–H and O–H groups in total. The van der Waals surface area contributed by atoms with Crippen LogP contribution in [0, 0.1) is 0 Å². The van der Waals surface area contributed by atoms with E-state index < -0.39 is 0 Å². The lowest BCUT2D eigenvalue weighted by Crippen LogP contribution is -2.39. The van der Waals surface area contributed by atoms with E-state index in [1.54, 1.807) is 0 Å². The average molecular weight is 289 g/mol. The second-order valence-electron chi connectivity index (χ2n) is 4.26. The number of halogens is 2. The maximum absolute atomic E-state index is 11.8. The summed E-state index contributed by atoms with van der Waals surface area (Å²) in [4.78, 5) is 19.3. The molecule has 0 saturated heterocycles. The number of rotatable bonds is 2. The molecule has 0 radical (unpaired) electrons. The number of urea groups is 1. The van der Waals surface area contributed by atoms with Gasteiger partial charge in [0.2, 0.25) is 0 Å². The Bertz CT molecular complexity index is 415. The molecule has 18 heavy (non-hydrogen) atoms. The number of amides is 2. The van der Waals surface area contributed by atoms with E-state index in [-0.39, 0.29) is 28.1 Å². The van der Waals surface area contributed by atoms with E-state index in [0.29, 0.717) is 0 Å². The Kier molecular flexibility index (Phi) is 4.60. The quantitative estimate of drug-likeness (QED) is 0.821. The molecule has 1 aromatic rings. The lowest BCUT2D eigenvalue weighted by Gasteiger charge is -2.22. The van der Waals surface area contributed by atoms with E-state index in [9.17, 15) is 4.79 Å². The third-order valence-electron chi connectivity index (χ3n) is 2.93. The number of hydrogen-bond acceptors (Lipinski definition) is 3. The summed E-state index contributed by atoms with van der Waals surface area (Å²) in [6, 6.07) is -0.0959. The fourth-order valence-electron chi connectivity index (χ4n) is 2.03. The van der Waals surface area contributed by atoms with Gasteiger partial charge in [-0.05, 0) is 12.8 Å². The van der Waals surface area contributed by atoms with Gasteiger partial charge >= 0.3 is 6.03 Å². The molecule has 7 heteroatoms. The zero-order chi connectivity index (χ0) is 13.0. The minimum absolute atomic E-state index is 0.133. The summed E-state index contributed by atoms with van der Waals surface area (Å²) < 4.78 is 0. The molecule has 0 atom stereocenters. The highest BCUT2D eigenvalue weighted by Crippen LogP contribution is 2.25. The van der Waals surface area contributed by atoms with Crippen molar-refractivity contribution >= 4 is 34.9 Å². The molecule has 0 spiro atoms. The molecule has 0 bridgehead atoms. The third kappa shape index (κ3) is 3.46. The number of hydrogen-bond donors (Lipinski definition) is 2. The van der Waals surface area contributed by atoms with Gasteiger partial charge in [0.1, 0.15) is 12.0 Å². The minimum atomic E-state index is -0.319. The summed E-state index contributed by atoms with van der Waals surface area (Å²) in [5.74, 6) is 0. The minimum Gasteiger partial charge on any atom is -0.335 e. The SMILES string of the molecule is O=C(Nc1c(Cl)ncnc1Cl)NC1CCCCC1. The van der Waals surface area contributed by atoms with Crippen LogP contribution >= 0.6 is 23.2 Å². The van der Waals surface area contributed by atoms with Crippen molar-refractivity contribution < 1.29 is 4.79 Å². The normalized spacial score (nSPS) is 16.3. The highest BCUT2D eigenvalue weighted by atomic mass is 35.5. The summed E-state index contributed by atoms with van der Waals surface area (Å²) in [5, 5.41) is 5.75. The molecule has 1 heterocycles. The molecule has 0 aromatic carbocycles. The van der Waals surface area contributed by atoms with Crippen molar-refractivity contribution in [2.24, 2.45) is 0 Å². The highest BCUT2D eigenvalue weighted by molar-refractivity contribution is 6.38. The second-order valence-corrected chi connectivity index (χ2v) is 4.98. The monoisotopic (exact) mass is 288 g/mol. The van der Waals surface area contributed by atoms with Gasteiger partial charge in [0, 0.05) is 6.04 Å². The highest BCUT2D eigenvalue weighted by Gasteiger charge is 2.17. The van der Waals surface area contributed by atoms with E-state index in [0.717, 1.165) is 25.7 Å². The predicted molar refractivity (Wildman–Crippen MR) is 71.1 cm³/mol. The first-order valence-corrected chi connectivity index (χ1v) is 6.66. The maximum atomic E-state index is 11.8. The molecule has 0 unspecified atom stereocenters.